The van der Waals surface area contributed by atoms with Crippen LogP contribution < -0.4 is 0 Å². The number of nitrogens with zero attached hydrogens (tertiary/aromatic N) is 1. The van der Waals surface area contributed by atoms with Gasteiger partial charge in [-0.2, -0.15) is 4.31 Å². The van der Waals surface area contributed by atoms with Crippen molar-refractivity contribution >= 4 is 27.6 Å². The lowest BCUT2D eigenvalue weighted by Gasteiger charge is -2.24. The van der Waals surface area contributed by atoms with Crippen LogP contribution in [0.5, 0.6) is 0 Å². The number of sulfonamides is 1. The molecule has 0 unspecified atom stereocenters. The maximum absolute atomic E-state index is 13.8. The lowest BCUT2D eigenvalue weighted by atomic mass is 10.1. The third-order valence-corrected chi connectivity index (χ3v) is 5.72. The molecule has 5 nitrogen and oxygen atoms in total. The van der Waals surface area contributed by atoms with Gasteiger partial charge >= 0.3 is 5.97 Å². The first-order chi connectivity index (χ1) is 11.2. The zero-order valence-corrected chi connectivity index (χ0v) is 14.3. The van der Waals surface area contributed by atoms with E-state index in [-0.39, 0.29) is 16.9 Å². The zero-order chi connectivity index (χ0) is 17.9. The molecule has 0 aliphatic carbocycles. The van der Waals surface area contributed by atoms with E-state index in [4.69, 9.17) is 11.6 Å². The Morgan fingerprint density at radius 1 is 1.21 bits per heavy atom. The van der Waals surface area contributed by atoms with E-state index in [0.717, 1.165) is 11.4 Å². The fourth-order valence-electron chi connectivity index (χ4n) is 2.18. The number of hydrogen-bond acceptors (Lipinski definition) is 3. The van der Waals surface area contributed by atoms with Crippen molar-refractivity contribution in [2.24, 2.45) is 0 Å². The molecule has 0 amide bonds. The summed E-state index contributed by atoms with van der Waals surface area (Å²) in [5.41, 5.74) is 0.128. The van der Waals surface area contributed by atoms with E-state index in [1.54, 1.807) is 6.07 Å². The van der Waals surface area contributed by atoms with E-state index in [1.807, 2.05) is 0 Å². The molecule has 2 aromatic rings. The van der Waals surface area contributed by atoms with Crippen molar-refractivity contribution in [3.05, 3.63) is 64.9 Å². The fourth-order valence-corrected chi connectivity index (χ4v) is 3.62. The van der Waals surface area contributed by atoms with Crippen LogP contribution in [0.25, 0.3) is 0 Å². The SMILES string of the molecule is CN([C@@H](Cc1ccccc1F)C(=O)O)S(=O)(=O)c1ccc(Cl)cc1. The Morgan fingerprint density at radius 2 is 1.79 bits per heavy atom. The second-order valence-corrected chi connectivity index (χ2v) is 7.56. The Labute approximate surface area is 144 Å². The third-order valence-electron chi connectivity index (χ3n) is 3.59. The van der Waals surface area contributed by atoms with E-state index in [9.17, 15) is 22.7 Å². The van der Waals surface area contributed by atoms with Gasteiger partial charge < -0.3 is 5.11 Å². The minimum Gasteiger partial charge on any atom is -0.480 e. The standard InChI is InChI=1S/C16H15ClFNO4S/c1-19(24(22,23)13-8-6-12(17)7-9-13)15(16(20)21)10-11-4-2-3-5-14(11)18/h2-9,15H,10H2,1H3,(H,20,21)/t15-/m0/s1. The molecule has 2 rings (SSSR count). The van der Waals surface area contributed by atoms with Gasteiger partial charge in [0.25, 0.3) is 0 Å². The number of hydrogen-bond donors (Lipinski definition) is 1. The van der Waals surface area contributed by atoms with Crippen LogP contribution in [0.3, 0.4) is 0 Å². The number of halogens is 2. The molecule has 0 heterocycles. The molecular weight excluding hydrogens is 357 g/mol. The number of carboxylic acids is 1. The molecule has 0 spiro atoms. The molecule has 0 aliphatic rings. The summed E-state index contributed by atoms with van der Waals surface area (Å²) in [4.78, 5) is 11.5. The third kappa shape index (κ3) is 3.92. The Morgan fingerprint density at radius 3 is 2.33 bits per heavy atom. The van der Waals surface area contributed by atoms with Gasteiger partial charge in [-0.3, -0.25) is 4.79 Å². The van der Waals surface area contributed by atoms with Crippen LogP contribution in [-0.2, 0) is 21.2 Å². The highest BCUT2D eigenvalue weighted by Gasteiger charge is 2.33. The maximum Gasteiger partial charge on any atom is 0.322 e. The molecular formula is C16H15ClFNO4S. The average Bonchev–Trinajstić information content (AvgIpc) is 2.53. The van der Waals surface area contributed by atoms with Gasteiger partial charge in [0.15, 0.2) is 0 Å². The van der Waals surface area contributed by atoms with Crippen LogP contribution in [0.4, 0.5) is 4.39 Å². The normalized spacial score (nSPS) is 13.0. The number of carbonyl (C=O) groups is 1. The van der Waals surface area contributed by atoms with E-state index in [0.29, 0.717) is 5.02 Å². The fraction of sp³-hybridized carbons (Fsp3) is 0.188. The number of aliphatic carboxylic acids is 1. The summed E-state index contributed by atoms with van der Waals surface area (Å²) < 4.78 is 39.7. The van der Waals surface area contributed by atoms with Crippen molar-refractivity contribution in [3.63, 3.8) is 0 Å². The predicted octanol–water partition coefficient (Wildman–Crippen LogP) is 2.80. The van der Waals surface area contributed by atoms with E-state index < -0.39 is 27.9 Å². The van der Waals surface area contributed by atoms with Crippen LogP contribution in [0.1, 0.15) is 5.56 Å². The molecule has 0 bridgehead atoms. The monoisotopic (exact) mass is 371 g/mol. The van der Waals surface area contributed by atoms with E-state index >= 15 is 0 Å². The second kappa shape index (κ2) is 7.29. The Bertz CT molecular complexity index is 839. The van der Waals surface area contributed by atoms with Crippen LogP contribution in [0.15, 0.2) is 53.4 Å². The number of carboxylic acid groups (broad SMARTS) is 1. The van der Waals surface area contributed by atoms with Gasteiger partial charge in [-0.05, 0) is 35.9 Å². The Hall–Kier alpha value is -1.96. The highest BCUT2D eigenvalue weighted by atomic mass is 35.5. The maximum atomic E-state index is 13.8. The molecule has 0 saturated heterocycles. The highest BCUT2D eigenvalue weighted by molar-refractivity contribution is 7.89. The highest BCUT2D eigenvalue weighted by Crippen LogP contribution is 2.21. The molecule has 8 heteroatoms. The minimum absolute atomic E-state index is 0.0887. The molecule has 0 aromatic heterocycles. The average molecular weight is 372 g/mol. The molecule has 1 atom stereocenters. The van der Waals surface area contributed by atoms with E-state index in [1.165, 1.54) is 42.5 Å². The predicted molar refractivity (Wildman–Crippen MR) is 87.9 cm³/mol. The van der Waals surface area contributed by atoms with Gasteiger partial charge in [-0.15, -0.1) is 0 Å². The van der Waals surface area contributed by atoms with Crippen LogP contribution in [0.2, 0.25) is 5.02 Å². The summed E-state index contributed by atoms with van der Waals surface area (Å²) in [6, 6.07) is 9.59. The second-order valence-electron chi connectivity index (χ2n) is 5.12. The summed E-state index contributed by atoms with van der Waals surface area (Å²) in [5.74, 6) is -1.95. The first-order valence-electron chi connectivity index (χ1n) is 6.93. The Kier molecular flexibility index (Phi) is 5.58. The first kappa shape index (κ1) is 18.4. The molecule has 2 aromatic carbocycles. The van der Waals surface area contributed by atoms with Gasteiger partial charge in [0, 0.05) is 18.5 Å². The van der Waals surface area contributed by atoms with Crippen molar-refractivity contribution in [2.45, 2.75) is 17.4 Å². The molecule has 0 saturated carbocycles. The van der Waals surface area contributed by atoms with Crippen LogP contribution in [-0.4, -0.2) is 36.9 Å². The lowest BCUT2D eigenvalue weighted by molar-refractivity contribution is -0.141. The van der Waals surface area contributed by atoms with Crippen molar-refractivity contribution in [1.82, 2.24) is 4.31 Å². The number of likely N-dealkylation sites (N-methyl/N-ethyl adjacent to an activating group) is 1. The summed E-state index contributed by atoms with van der Waals surface area (Å²) in [7, 11) is -2.91. The first-order valence-corrected chi connectivity index (χ1v) is 8.75. The van der Waals surface area contributed by atoms with Crippen molar-refractivity contribution in [1.29, 1.82) is 0 Å². The molecule has 0 radical (unpaired) electrons. The summed E-state index contributed by atoms with van der Waals surface area (Å²) in [6.07, 6.45) is -0.286. The lowest BCUT2D eigenvalue weighted by Crippen LogP contribution is -2.43. The largest absolute Gasteiger partial charge is 0.480 e. The van der Waals surface area contributed by atoms with Crippen LogP contribution >= 0.6 is 11.6 Å². The molecule has 1 N–H and O–H groups in total. The van der Waals surface area contributed by atoms with Crippen LogP contribution in [0, 0.1) is 5.82 Å². The van der Waals surface area contributed by atoms with Crippen molar-refractivity contribution in [3.8, 4) is 0 Å². The number of rotatable bonds is 6. The number of benzene rings is 2. The topological polar surface area (TPSA) is 74.7 Å². The van der Waals surface area contributed by atoms with Gasteiger partial charge in [0.2, 0.25) is 10.0 Å². The quantitative estimate of drug-likeness (QED) is 0.847. The van der Waals surface area contributed by atoms with Gasteiger partial charge in [0.1, 0.15) is 11.9 Å². The van der Waals surface area contributed by atoms with Gasteiger partial charge in [-0.25, -0.2) is 12.8 Å². The summed E-state index contributed by atoms with van der Waals surface area (Å²) in [5, 5.41) is 9.76. The molecule has 24 heavy (non-hydrogen) atoms. The van der Waals surface area contributed by atoms with Gasteiger partial charge in [0.05, 0.1) is 4.90 Å². The summed E-state index contributed by atoms with van der Waals surface area (Å²) in [6.45, 7) is 0. The van der Waals surface area contributed by atoms with Crippen molar-refractivity contribution in [2.75, 3.05) is 7.05 Å². The molecule has 0 aliphatic heterocycles. The smallest absolute Gasteiger partial charge is 0.322 e. The molecule has 128 valence electrons. The summed E-state index contributed by atoms with van der Waals surface area (Å²) >= 11 is 5.73. The Balaban J connectivity index is 2.35. The minimum atomic E-state index is -4.06. The zero-order valence-electron chi connectivity index (χ0n) is 12.7. The van der Waals surface area contributed by atoms with Gasteiger partial charge in [-0.1, -0.05) is 29.8 Å². The van der Waals surface area contributed by atoms with E-state index in [2.05, 4.69) is 0 Å². The van der Waals surface area contributed by atoms with Crippen molar-refractivity contribution < 1.29 is 22.7 Å². The molecule has 0 fully saturated rings.